The number of aryl methyl sites for hydroxylation is 3. The lowest BCUT2D eigenvalue weighted by molar-refractivity contribution is -0.169. The van der Waals surface area contributed by atoms with Crippen LogP contribution in [0.3, 0.4) is 0 Å². The molecule has 0 saturated carbocycles. The van der Waals surface area contributed by atoms with E-state index in [9.17, 15) is 9.59 Å². The second-order valence-electron chi connectivity index (χ2n) is 11.4. The number of nitrogens with zero attached hydrogens (tertiary/aromatic N) is 2. The Hall–Kier alpha value is -3.40. The van der Waals surface area contributed by atoms with E-state index >= 15 is 0 Å². The molecule has 5 rings (SSSR count). The summed E-state index contributed by atoms with van der Waals surface area (Å²) in [7, 11) is 0. The summed E-state index contributed by atoms with van der Waals surface area (Å²) in [4.78, 5) is 30.4. The van der Waals surface area contributed by atoms with Gasteiger partial charge in [0.05, 0.1) is 18.2 Å². The molecule has 218 valence electrons. The van der Waals surface area contributed by atoms with Crippen LogP contribution in [0.25, 0.3) is 22.2 Å². The van der Waals surface area contributed by atoms with E-state index in [0.717, 1.165) is 46.4 Å². The minimum Gasteiger partial charge on any atom is -0.455 e. The third-order valence-corrected chi connectivity index (χ3v) is 7.68. The topological polar surface area (TPSA) is 106 Å². The molecule has 1 fully saturated rings. The van der Waals surface area contributed by atoms with Crippen LogP contribution < -0.4 is 5.82 Å². The largest absolute Gasteiger partial charge is 0.519 e. The summed E-state index contributed by atoms with van der Waals surface area (Å²) < 4.78 is 30.0. The molecule has 41 heavy (non-hydrogen) atoms. The van der Waals surface area contributed by atoms with E-state index in [1.807, 2.05) is 52.0 Å². The van der Waals surface area contributed by atoms with Gasteiger partial charge in [0, 0.05) is 39.5 Å². The number of ether oxygens (including phenoxy) is 3. The van der Waals surface area contributed by atoms with Crippen LogP contribution in [0, 0.1) is 27.7 Å². The molecule has 0 amide bonds. The number of hydrogen-bond donors (Lipinski definition) is 0. The number of esters is 1. The van der Waals surface area contributed by atoms with Gasteiger partial charge in [0.1, 0.15) is 5.65 Å². The fraction of sp³-hybridized carbons (Fsp3) is 0.452. The van der Waals surface area contributed by atoms with Crippen LogP contribution >= 0.6 is 11.6 Å². The van der Waals surface area contributed by atoms with E-state index < -0.39 is 23.5 Å². The molecule has 10 heteroatoms. The van der Waals surface area contributed by atoms with Crippen molar-refractivity contribution in [3.63, 3.8) is 0 Å². The number of carbonyl (C=O) groups excluding carboxylic acids is 1. The normalized spacial score (nSPS) is 16.1. The molecule has 1 aliphatic heterocycles. The van der Waals surface area contributed by atoms with E-state index in [1.165, 1.54) is 0 Å². The minimum atomic E-state index is -1.13. The predicted octanol–water partition coefficient (Wildman–Crippen LogP) is 6.53. The van der Waals surface area contributed by atoms with Crippen LogP contribution in [0.5, 0.6) is 0 Å². The van der Waals surface area contributed by atoms with E-state index in [2.05, 4.69) is 18.4 Å². The first kappa shape index (κ1) is 29.1. The van der Waals surface area contributed by atoms with Crippen LogP contribution in [0.15, 0.2) is 37.9 Å². The number of hydrogen-bond acceptors (Lipinski definition) is 8. The van der Waals surface area contributed by atoms with E-state index in [-0.39, 0.29) is 24.2 Å². The molecular formula is C31H35ClN2O7. The Kier molecular flexibility index (Phi) is 7.89. The smallest absolute Gasteiger partial charge is 0.455 e. The summed E-state index contributed by atoms with van der Waals surface area (Å²) in [6, 6.07) is 7.52. The lowest BCUT2D eigenvalue weighted by Gasteiger charge is -2.29. The lowest BCUT2D eigenvalue weighted by Crippen LogP contribution is -2.31. The summed E-state index contributed by atoms with van der Waals surface area (Å²) in [6.07, 6.45) is 0.0143. The van der Waals surface area contributed by atoms with Crippen LogP contribution in [0.4, 0.5) is 0 Å². The monoisotopic (exact) mass is 582 g/mol. The van der Waals surface area contributed by atoms with Gasteiger partial charge in [-0.05, 0) is 78.1 Å². The van der Waals surface area contributed by atoms with Crippen molar-refractivity contribution in [1.82, 2.24) is 9.55 Å². The van der Waals surface area contributed by atoms with Gasteiger partial charge < -0.3 is 27.6 Å². The zero-order valence-electron chi connectivity index (χ0n) is 24.4. The highest BCUT2D eigenvalue weighted by molar-refractivity contribution is 6.30. The maximum atomic E-state index is 13.8. The highest BCUT2D eigenvalue weighted by atomic mass is 35.5. The van der Waals surface area contributed by atoms with Crippen molar-refractivity contribution in [2.75, 3.05) is 6.61 Å². The third-order valence-electron chi connectivity index (χ3n) is 7.43. The summed E-state index contributed by atoms with van der Waals surface area (Å²) in [5.41, 5.74) is 5.17. The highest BCUT2D eigenvalue weighted by Crippen LogP contribution is 2.43. The van der Waals surface area contributed by atoms with Crippen LogP contribution in [-0.2, 0) is 32.2 Å². The van der Waals surface area contributed by atoms with Crippen molar-refractivity contribution in [3.8, 4) is 11.1 Å². The average molecular weight is 583 g/mol. The molecule has 1 aliphatic rings. The number of aromatic nitrogens is 2. The first-order valence-corrected chi connectivity index (χ1v) is 14.0. The SMILES string of the molecule is Cc1nc2c(c(C)c(C)n2CC2CCO2)c(-c2ccc(Cl)cc2)c1[C@H](OC(C)(C)C)C(=O)OCc1oc(=O)oc1C. The highest BCUT2D eigenvalue weighted by Gasteiger charge is 2.35. The number of benzene rings is 1. The first-order valence-electron chi connectivity index (χ1n) is 13.7. The minimum absolute atomic E-state index is 0.142. The zero-order valence-corrected chi connectivity index (χ0v) is 25.2. The Morgan fingerprint density at radius 2 is 1.83 bits per heavy atom. The van der Waals surface area contributed by atoms with Crippen molar-refractivity contribution in [2.45, 2.75) is 85.8 Å². The van der Waals surface area contributed by atoms with Gasteiger partial charge in [-0.3, -0.25) is 0 Å². The Balaban J connectivity index is 1.70. The molecule has 4 aromatic rings. The number of rotatable bonds is 8. The molecule has 2 atom stereocenters. The van der Waals surface area contributed by atoms with Gasteiger partial charge in [-0.15, -0.1) is 0 Å². The van der Waals surface area contributed by atoms with E-state index in [0.29, 0.717) is 22.8 Å². The van der Waals surface area contributed by atoms with Gasteiger partial charge in [-0.1, -0.05) is 23.7 Å². The fourth-order valence-corrected chi connectivity index (χ4v) is 5.31. The number of carbonyl (C=O) groups is 1. The van der Waals surface area contributed by atoms with E-state index in [1.54, 1.807) is 6.92 Å². The van der Waals surface area contributed by atoms with Gasteiger partial charge in [0.25, 0.3) is 0 Å². The Bertz CT molecular complexity index is 1650. The first-order chi connectivity index (χ1) is 19.3. The molecule has 0 N–H and O–H groups in total. The quantitative estimate of drug-likeness (QED) is 0.216. The molecule has 0 bridgehead atoms. The van der Waals surface area contributed by atoms with Gasteiger partial charge in [-0.25, -0.2) is 14.6 Å². The Morgan fingerprint density at radius 1 is 1.15 bits per heavy atom. The Labute approximate surface area is 243 Å². The summed E-state index contributed by atoms with van der Waals surface area (Å²) in [5, 5.41) is 1.53. The van der Waals surface area contributed by atoms with Gasteiger partial charge in [0.2, 0.25) is 0 Å². The third kappa shape index (κ3) is 5.84. The molecule has 0 radical (unpaired) electrons. The summed E-state index contributed by atoms with van der Waals surface area (Å²) in [6.45, 7) is 14.4. The maximum absolute atomic E-state index is 13.8. The number of fused-ring (bicyclic) bond motifs is 1. The van der Waals surface area contributed by atoms with Crippen molar-refractivity contribution < 1.29 is 27.8 Å². The predicted molar refractivity (Wildman–Crippen MR) is 154 cm³/mol. The zero-order chi connectivity index (χ0) is 29.6. The summed E-state index contributed by atoms with van der Waals surface area (Å²) >= 11 is 6.27. The van der Waals surface area contributed by atoms with Crippen molar-refractivity contribution in [3.05, 3.63) is 73.9 Å². The van der Waals surface area contributed by atoms with Crippen LogP contribution in [0.2, 0.25) is 5.02 Å². The van der Waals surface area contributed by atoms with Crippen molar-refractivity contribution >= 4 is 28.6 Å². The van der Waals surface area contributed by atoms with Crippen LogP contribution in [0.1, 0.15) is 67.3 Å². The van der Waals surface area contributed by atoms with Gasteiger partial charge in [0.15, 0.2) is 24.2 Å². The molecule has 1 saturated heterocycles. The fourth-order valence-electron chi connectivity index (χ4n) is 5.18. The van der Waals surface area contributed by atoms with E-state index in [4.69, 9.17) is 39.6 Å². The van der Waals surface area contributed by atoms with Crippen molar-refractivity contribution in [2.24, 2.45) is 0 Å². The molecule has 4 heterocycles. The number of halogens is 1. The molecule has 0 aliphatic carbocycles. The molecule has 9 nitrogen and oxygen atoms in total. The standard InChI is InChI=1S/C31H35ClN2O7/c1-16-18(3)34(14-22-12-13-37-22)28-24(16)26(20-8-10-21(32)11-9-20)25(17(2)33-28)27(41-31(5,6)7)29(35)38-15-23-19(4)39-30(36)40-23/h8-11,22,27H,12-15H2,1-7H3/t22?,27-/m0/s1. The summed E-state index contributed by atoms with van der Waals surface area (Å²) in [5.74, 6) is -1.10. The van der Waals surface area contributed by atoms with Gasteiger partial charge >= 0.3 is 11.8 Å². The lowest BCUT2D eigenvalue weighted by atomic mass is 9.91. The molecule has 1 unspecified atom stereocenters. The average Bonchev–Trinajstić information content (AvgIpc) is 3.31. The van der Waals surface area contributed by atoms with Crippen LogP contribution in [-0.4, -0.2) is 33.8 Å². The molecule has 0 spiro atoms. The Morgan fingerprint density at radius 3 is 2.39 bits per heavy atom. The van der Waals surface area contributed by atoms with Crippen molar-refractivity contribution in [1.29, 1.82) is 0 Å². The molecule has 3 aromatic heterocycles. The molecular weight excluding hydrogens is 548 g/mol. The second kappa shape index (κ2) is 11.1. The maximum Gasteiger partial charge on any atom is 0.519 e. The number of pyridine rings is 1. The second-order valence-corrected chi connectivity index (χ2v) is 11.9. The van der Waals surface area contributed by atoms with Gasteiger partial charge in [-0.2, -0.15) is 0 Å². The molecule has 1 aromatic carbocycles.